The van der Waals surface area contributed by atoms with Gasteiger partial charge in [0.15, 0.2) is 17.5 Å². The molecular weight excluding hydrogens is 349 g/mol. The molecular formula is C17H17F3N4O2. The fraction of sp³-hybridized carbons (Fsp3) is 0.353. The Labute approximate surface area is 148 Å². The van der Waals surface area contributed by atoms with Gasteiger partial charge in [0, 0.05) is 24.8 Å². The highest BCUT2D eigenvalue weighted by molar-refractivity contribution is 5.94. The van der Waals surface area contributed by atoms with E-state index in [1.165, 1.54) is 0 Å². The van der Waals surface area contributed by atoms with E-state index in [-0.39, 0.29) is 6.54 Å². The van der Waals surface area contributed by atoms with Crippen LogP contribution in [-0.4, -0.2) is 42.2 Å². The van der Waals surface area contributed by atoms with Crippen LogP contribution in [-0.2, 0) is 11.3 Å². The number of halogens is 3. The van der Waals surface area contributed by atoms with E-state index in [4.69, 9.17) is 4.74 Å². The number of hydrogen-bond donors (Lipinski definition) is 1. The number of carbonyl (C=O) groups is 1. The first-order valence-electron chi connectivity index (χ1n) is 8.04. The van der Waals surface area contributed by atoms with Crippen LogP contribution in [0.4, 0.5) is 19.0 Å². The van der Waals surface area contributed by atoms with Crippen LogP contribution in [0.25, 0.3) is 0 Å². The third-order valence-corrected chi connectivity index (χ3v) is 3.91. The SMILES string of the molecule is Cc1cc(N2CCOCC2)nc(CNC(=O)c2ccc(F)c(F)c2F)n1. The molecule has 0 unspecified atom stereocenters. The molecule has 1 saturated heterocycles. The van der Waals surface area contributed by atoms with Gasteiger partial charge in [-0.25, -0.2) is 23.1 Å². The highest BCUT2D eigenvalue weighted by Crippen LogP contribution is 2.16. The number of aromatic nitrogens is 2. The van der Waals surface area contributed by atoms with Gasteiger partial charge in [0.1, 0.15) is 11.6 Å². The molecule has 2 heterocycles. The molecule has 138 valence electrons. The molecule has 1 fully saturated rings. The third-order valence-electron chi connectivity index (χ3n) is 3.91. The third kappa shape index (κ3) is 3.93. The molecule has 1 aromatic carbocycles. The predicted molar refractivity (Wildman–Crippen MR) is 87.3 cm³/mol. The van der Waals surface area contributed by atoms with Gasteiger partial charge in [-0.1, -0.05) is 0 Å². The highest BCUT2D eigenvalue weighted by atomic mass is 19.2. The fourth-order valence-electron chi connectivity index (χ4n) is 2.60. The smallest absolute Gasteiger partial charge is 0.254 e. The largest absolute Gasteiger partial charge is 0.378 e. The molecule has 1 N–H and O–H groups in total. The van der Waals surface area contributed by atoms with Crippen LogP contribution in [0.15, 0.2) is 18.2 Å². The number of nitrogens with one attached hydrogen (secondary N) is 1. The average molecular weight is 366 g/mol. The van der Waals surface area contributed by atoms with Gasteiger partial charge < -0.3 is 15.0 Å². The quantitative estimate of drug-likeness (QED) is 0.838. The maximum absolute atomic E-state index is 13.7. The van der Waals surface area contributed by atoms with Gasteiger partial charge in [-0.05, 0) is 19.1 Å². The minimum absolute atomic E-state index is 0.0731. The van der Waals surface area contributed by atoms with Gasteiger partial charge in [0.05, 0.1) is 25.3 Å². The van der Waals surface area contributed by atoms with Gasteiger partial charge in [-0.15, -0.1) is 0 Å². The molecule has 1 aromatic heterocycles. The van der Waals surface area contributed by atoms with Crippen molar-refractivity contribution in [2.24, 2.45) is 0 Å². The van der Waals surface area contributed by atoms with Crippen LogP contribution in [0, 0.1) is 24.4 Å². The van der Waals surface area contributed by atoms with Crippen molar-refractivity contribution in [3.63, 3.8) is 0 Å². The molecule has 1 aliphatic rings. The number of aryl methyl sites for hydroxylation is 1. The van der Waals surface area contributed by atoms with Crippen LogP contribution >= 0.6 is 0 Å². The molecule has 2 aromatic rings. The summed E-state index contributed by atoms with van der Waals surface area (Å²) >= 11 is 0. The second-order valence-corrected chi connectivity index (χ2v) is 5.79. The number of carbonyl (C=O) groups excluding carboxylic acids is 1. The van der Waals surface area contributed by atoms with Crippen molar-refractivity contribution in [3.05, 3.63) is 52.7 Å². The Morgan fingerprint density at radius 1 is 1.19 bits per heavy atom. The maximum atomic E-state index is 13.7. The number of rotatable bonds is 4. The van der Waals surface area contributed by atoms with Crippen molar-refractivity contribution >= 4 is 11.7 Å². The number of morpholine rings is 1. The predicted octanol–water partition coefficient (Wildman–Crippen LogP) is 1.97. The van der Waals surface area contributed by atoms with E-state index in [2.05, 4.69) is 15.3 Å². The van der Waals surface area contributed by atoms with Crippen molar-refractivity contribution in [2.45, 2.75) is 13.5 Å². The summed E-state index contributed by atoms with van der Waals surface area (Å²) in [5.41, 5.74) is 0.134. The number of hydrogen-bond acceptors (Lipinski definition) is 5. The maximum Gasteiger partial charge on any atom is 0.254 e. The van der Waals surface area contributed by atoms with Gasteiger partial charge in [0.2, 0.25) is 0 Å². The Kier molecular flexibility index (Phi) is 5.36. The Morgan fingerprint density at radius 3 is 2.65 bits per heavy atom. The van der Waals surface area contributed by atoms with Gasteiger partial charge in [-0.2, -0.15) is 0 Å². The number of benzene rings is 1. The first-order chi connectivity index (χ1) is 12.5. The van der Waals surface area contributed by atoms with Crippen molar-refractivity contribution in [1.29, 1.82) is 0 Å². The second-order valence-electron chi connectivity index (χ2n) is 5.79. The van der Waals surface area contributed by atoms with Crippen molar-refractivity contribution in [3.8, 4) is 0 Å². The molecule has 0 atom stereocenters. The van der Waals surface area contributed by atoms with Crippen LogP contribution in [0.1, 0.15) is 21.9 Å². The number of amides is 1. The van der Waals surface area contributed by atoms with Crippen LogP contribution in [0.2, 0.25) is 0 Å². The Morgan fingerprint density at radius 2 is 1.92 bits per heavy atom. The summed E-state index contributed by atoms with van der Waals surface area (Å²) in [5, 5.41) is 2.42. The molecule has 3 rings (SSSR count). The lowest BCUT2D eigenvalue weighted by Gasteiger charge is -2.28. The molecule has 6 nitrogen and oxygen atoms in total. The van der Waals surface area contributed by atoms with E-state index in [0.717, 1.165) is 6.07 Å². The summed E-state index contributed by atoms with van der Waals surface area (Å²) in [6, 6.07) is 3.41. The van der Waals surface area contributed by atoms with Crippen molar-refractivity contribution < 1.29 is 22.7 Å². The molecule has 9 heteroatoms. The highest BCUT2D eigenvalue weighted by Gasteiger charge is 2.19. The summed E-state index contributed by atoms with van der Waals surface area (Å²) in [6.07, 6.45) is 0. The Balaban J connectivity index is 1.72. The Bertz CT molecular complexity index is 826. The molecule has 0 radical (unpaired) electrons. The minimum atomic E-state index is -1.68. The summed E-state index contributed by atoms with van der Waals surface area (Å²) in [4.78, 5) is 22.7. The van der Waals surface area contributed by atoms with Gasteiger partial charge >= 0.3 is 0 Å². The standard InChI is InChI=1S/C17H17F3N4O2/c1-10-8-14(24-4-6-26-7-5-24)23-13(22-10)9-21-17(25)11-2-3-12(18)16(20)15(11)19/h2-3,8H,4-7,9H2,1H3,(H,21,25). The normalized spacial score (nSPS) is 14.4. The first-order valence-corrected chi connectivity index (χ1v) is 8.04. The lowest BCUT2D eigenvalue weighted by Crippen LogP contribution is -2.37. The number of ether oxygens (including phenoxy) is 1. The van der Waals surface area contributed by atoms with E-state index in [0.29, 0.717) is 49.7 Å². The van der Waals surface area contributed by atoms with Gasteiger partial charge in [-0.3, -0.25) is 4.79 Å². The number of anilines is 1. The van der Waals surface area contributed by atoms with Crippen molar-refractivity contribution in [2.75, 3.05) is 31.2 Å². The zero-order valence-electron chi connectivity index (χ0n) is 14.1. The summed E-state index contributed by atoms with van der Waals surface area (Å²) < 4.78 is 45.2. The second kappa shape index (κ2) is 7.69. The minimum Gasteiger partial charge on any atom is -0.378 e. The molecule has 0 spiro atoms. The van der Waals surface area contributed by atoms with Gasteiger partial charge in [0.25, 0.3) is 5.91 Å². The van der Waals surface area contributed by atoms with Crippen LogP contribution in [0.5, 0.6) is 0 Å². The molecule has 1 aliphatic heterocycles. The van der Waals surface area contributed by atoms with E-state index in [1.54, 1.807) is 6.92 Å². The lowest BCUT2D eigenvalue weighted by molar-refractivity contribution is 0.0944. The van der Waals surface area contributed by atoms with E-state index >= 15 is 0 Å². The summed E-state index contributed by atoms with van der Waals surface area (Å²) in [6.45, 7) is 4.32. The zero-order valence-corrected chi connectivity index (χ0v) is 14.1. The average Bonchev–Trinajstić information content (AvgIpc) is 2.64. The monoisotopic (exact) mass is 366 g/mol. The topological polar surface area (TPSA) is 67.3 Å². The van der Waals surface area contributed by atoms with E-state index in [9.17, 15) is 18.0 Å². The molecule has 0 aliphatic carbocycles. The molecule has 0 saturated carbocycles. The molecule has 0 bridgehead atoms. The Hall–Kier alpha value is -2.68. The molecule has 1 amide bonds. The van der Waals surface area contributed by atoms with E-state index < -0.39 is 28.9 Å². The summed E-state index contributed by atoms with van der Waals surface area (Å²) in [7, 11) is 0. The number of nitrogens with zero attached hydrogens (tertiary/aromatic N) is 3. The zero-order chi connectivity index (χ0) is 18.7. The summed E-state index contributed by atoms with van der Waals surface area (Å²) in [5.74, 6) is -4.39. The van der Waals surface area contributed by atoms with E-state index in [1.807, 2.05) is 11.0 Å². The lowest BCUT2D eigenvalue weighted by atomic mass is 10.2. The van der Waals surface area contributed by atoms with Crippen LogP contribution < -0.4 is 10.2 Å². The van der Waals surface area contributed by atoms with Crippen molar-refractivity contribution in [1.82, 2.24) is 15.3 Å². The fourth-order valence-corrected chi connectivity index (χ4v) is 2.60. The first kappa shape index (κ1) is 18.1. The molecule has 26 heavy (non-hydrogen) atoms. The van der Waals surface area contributed by atoms with Crippen LogP contribution in [0.3, 0.4) is 0 Å².